The van der Waals surface area contributed by atoms with E-state index in [0.717, 1.165) is 11.1 Å². The average molecular weight is 458 g/mol. The van der Waals surface area contributed by atoms with Crippen LogP contribution in [0, 0.1) is 0 Å². The molecule has 34 heavy (non-hydrogen) atoms. The molecular weight excluding hydrogens is 430 g/mol. The van der Waals surface area contributed by atoms with Crippen molar-refractivity contribution in [3.8, 4) is 11.5 Å². The molecule has 0 aliphatic rings. The van der Waals surface area contributed by atoms with Gasteiger partial charge < -0.3 is 19.5 Å². The lowest BCUT2D eigenvalue weighted by Gasteiger charge is -2.19. The fourth-order valence-electron chi connectivity index (χ4n) is 3.19. The molecule has 6 nitrogen and oxygen atoms in total. The highest BCUT2D eigenvalue weighted by Crippen LogP contribution is 2.30. The summed E-state index contributed by atoms with van der Waals surface area (Å²) in [6.07, 6.45) is 6.20. The molecule has 6 heteroatoms. The zero-order valence-corrected chi connectivity index (χ0v) is 19.1. The topological polar surface area (TPSA) is 73.9 Å². The average Bonchev–Trinajstić information content (AvgIpc) is 2.89. The Morgan fingerprint density at radius 1 is 0.794 bits per heavy atom. The first-order chi connectivity index (χ1) is 16.6. The number of esters is 1. The predicted molar refractivity (Wildman–Crippen MR) is 132 cm³/mol. The number of carbonyl (C=O) groups excluding carboxylic acids is 2. The van der Waals surface area contributed by atoms with E-state index in [1.807, 2.05) is 60.7 Å². The molecule has 0 bridgehead atoms. The van der Waals surface area contributed by atoms with E-state index in [-0.39, 0.29) is 12.5 Å². The highest BCUT2D eigenvalue weighted by atomic mass is 16.5. The third-order valence-corrected chi connectivity index (χ3v) is 4.96. The van der Waals surface area contributed by atoms with Gasteiger partial charge in [0.05, 0.1) is 20.3 Å². The van der Waals surface area contributed by atoms with Crippen LogP contribution >= 0.6 is 0 Å². The number of nitrogens with one attached hydrogen (secondary N) is 1. The van der Waals surface area contributed by atoms with Crippen LogP contribution in [0.5, 0.6) is 11.5 Å². The van der Waals surface area contributed by atoms with Gasteiger partial charge >= 0.3 is 5.97 Å². The molecule has 0 spiro atoms. The number of rotatable bonds is 10. The van der Waals surface area contributed by atoms with E-state index in [1.165, 1.54) is 19.3 Å². The van der Waals surface area contributed by atoms with E-state index in [9.17, 15) is 9.59 Å². The normalized spacial score (nSPS) is 11.8. The Hall–Kier alpha value is -4.32. The third kappa shape index (κ3) is 7.38. The number of methoxy groups -OCH3 is 2. The molecule has 174 valence electrons. The van der Waals surface area contributed by atoms with Crippen molar-refractivity contribution in [1.82, 2.24) is 5.32 Å². The van der Waals surface area contributed by atoms with E-state index < -0.39 is 12.0 Å². The number of hydrogen-bond acceptors (Lipinski definition) is 5. The van der Waals surface area contributed by atoms with Gasteiger partial charge in [0.1, 0.15) is 6.61 Å². The van der Waals surface area contributed by atoms with Gasteiger partial charge in [0.25, 0.3) is 0 Å². The highest BCUT2D eigenvalue weighted by molar-refractivity contribution is 5.92. The van der Waals surface area contributed by atoms with Gasteiger partial charge in [0.2, 0.25) is 5.91 Å². The molecule has 1 N–H and O–H groups in total. The monoisotopic (exact) mass is 457 g/mol. The van der Waals surface area contributed by atoms with Crippen LogP contribution < -0.4 is 14.8 Å². The van der Waals surface area contributed by atoms with E-state index in [1.54, 1.807) is 37.5 Å². The summed E-state index contributed by atoms with van der Waals surface area (Å²) in [7, 11) is 3.08. The smallest absolute Gasteiger partial charge is 0.330 e. The molecule has 0 heterocycles. The molecule has 1 unspecified atom stereocenters. The first-order valence-electron chi connectivity index (χ1n) is 10.7. The third-order valence-electron chi connectivity index (χ3n) is 4.96. The molecule has 1 atom stereocenters. The minimum absolute atomic E-state index is 0.0572. The van der Waals surface area contributed by atoms with Crippen molar-refractivity contribution in [2.75, 3.05) is 20.8 Å². The number of benzene rings is 3. The van der Waals surface area contributed by atoms with Crippen LogP contribution in [-0.2, 0) is 14.3 Å². The van der Waals surface area contributed by atoms with Crippen LogP contribution in [0.15, 0.2) is 91.0 Å². The lowest BCUT2D eigenvalue weighted by atomic mass is 10.1. The Labute approximate surface area is 199 Å². The molecule has 0 aliphatic carbocycles. The minimum Gasteiger partial charge on any atom is -0.493 e. The first-order valence-corrected chi connectivity index (χ1v) is 10.7. The molecule has 3 aromatic carbocycles. The zero-order valence-electron chi connectivity index (χ0n) is 19.1. The SMILES string of the molecule is COc1ccc(C(COC(=O)C=Cc2ccccc2)NC(=O)C=Cc2ccccc2)cc1OC. The number of ether oxygens (including phenoxy) is 3. The molecule has 0 aromatic heterocycles. The second kappa shape index (κ2) is 12.6. The molecule has 0 saturated carbocycles. The molecule has 0 aliphatic heterocycles. The predicted octanol–water partition coefficient (Wildman–Crippen LogP) is 4.83. The molecule has 0 fully saturated rings. The van der Waals surface area contributed by atoms with Gasteiger partial charge in [-0.05, 0) is 41.0 Å². The van der Waals surface area contributed by atoms with Crippen LogP contribution in [0.4, 0.5) is 0 Å². The van der Waals surface area contributed by atoms with E-state index in [4.69, 9.17) is 14.2 Å². The van der Waals surface area contributed by atoms with Gasteiger partial charge in [-0.25, -0.2) is 4.79 Å². The second-order valence-electron chi connectivity index (χ2n) is 7.29. The molecule has 0 saturated heterocycles. The molecule has 3 rings (SSSR count). The summed E-state index contributed by atoms with van der Waals surface area (Å²) in [5, 5.41) is 2.90. The van der Waals surface area contributed by atoms with Crippen molar-refractivity contribution in [3.63, 3.8) is 0 Å². The van der Waals surface area contributed by atoms with Crippen molar-refractivity contribution in [3.05, 3.63) is 108 Å². The van der Waals surface area contributed by atoms with Gasteiger partial charge in [-0.15, -0.1) is 0 Å². The standard InChI is InChI=1S/C28H27NO5/c1-32-25-16-15-23(19-26(25)33-2)24(29-27(30)17-13-21-9-5-3-6-10-21)20-34-28(31)18-14-22-11-7-4-8-12-22/h3-19,24H,20H2,1-2H3,(H,29,30). The fraction of sp³-hybridized carbons (Fsp3) is 0.143. The quantitative estimate of drug-likeness (QED) is 0.349. The molecule has 3 aromatic rings. The van der Waals surface area contributed by atoms with Gasteiger partial charge in [0, 0.05) is 12.2 Å². The van der Waals surface area contributed by atoms with Gasteiger partial charge in [-0.2, -0.15) is 0 Å². The summed E-state index contributed by atoms with van der Waals surface area (Å²) < 4.78 is 16.1. The Kier molecular flexibility index (Phi) is 9.05. The van der Waals surface area contributed by atoms with Gasteiger partial charge in [-0.1, -0.05) is 66.7 Å². The summed E-state index contributed by atoms with van der Waals surface area (Å²) in [4.78, 5) is 24.9. The summed E-state index contributed by atoms with van der Waals surface area (Å²) in [5.74, 6) is 0.236. The molecule has 1 amide bonds. The molecule has 0 radical (unpaired) electrons. The Morgan fingerprint density at radius 2 is 1.38 bits per heavy atom. The summed E-state index contributed by atoms with van der Waals surface area (Å²) in [6.45, 7) is -0.0572. The largest absolute Gasteiger partial charge is 0.493 e. The van der Waals surface area contributed by atoms with Crippen molar-refractivity contribution in [2.24, 2.45) is 0 Å². The van der Waals surface area contributed by atoms with E-state index in [0.29, 0.717) is 17.1 Å². The van der Waals surface area contributed by atoms with Gasteiger partial charge in [-0.3, -0.25) is 4.79 Å². The van der Waals surface area contributed by atoms with Crippen LogP contribution in [0.2, 0.25) is 0 Å². The number of hydrogen-bond donors (Lipinski definition) is 1. The van der Waals surface area contributed by atoms with Crippen LogP contribution in [0.25, 0.3) is 12.2 Å². The Balaban J connectivity index is 1.73. The summed E-state index contributed by atoms with van der Waals surface area (Å²) in [5.41, 5.74) is 2.49. The maximum atomic E-state index is 12.6. The lowest BCUT2D eigenvalue weighted by molar-refractivity contribution is -0.139. The number of carbonyl (C=O) groups is 2. The van der Waals surface area contributed by atoms with Crippen LogP contribution in [0.1, 0.15) is 22.7 Å². The van der Waals surface area contributed by atoms with Crippen LogP contribution in [0.3, 0.4) is 0 Å². The van der Waals surface area contributed by atoms with E-state index >= 15 is 0 Å². The fourth-order valence-corrected chi connectivity index (χ4v) is 3.19. The summed E-state index contributed by atoms with van der Waals surface area (Å²) in [6, 6.07) is 23.6. The minimum atomic E-state index is -0.596. The Bertz CT molecular complexity index is 1140. The number of amides is 1. The van der Waals surface area contributed by atoms with E-state index in [2.05, 4.69) is 5.32 Å². The van der Waals surface area contributed by atoms with Crippen molar-refractivity contribution < 1.29 is 23.8 Å². The first kappa shape index (κ1) is 24.3. The van der Waals surface area contributed by atoms with Crippen molar-refractivity contribution >= 4 is 24.0 Å². The van der Waals surface area contributed by atoms with Crippen molar-refractivity contribution in [1.29, 1.82) is 0 Å². The Morgan fingerprint density at radius 3 is 1.97 bits per heavy atom. The highest BCUT2D eigenvalue weighted by Gasteiger charge is 2.18. The second-order valence-corrected chi connectivity index (χ2v) is 7.29. The maximum absolute atomic E-state index is 12.6. The van der Waals surface area contributed by atoms with Crippen LogP contribution in [-0.4, -0.2) is 32.7 Å². The maximum Gasteiger partial charge on any atom is 0.330 e. The summed E-state index contributed by atoms with van der Waals surface area (Å²) >= 11 is 0. The van der Waals surface area contributed by atoms with Gasteiger partial charge in [0.15, 0.2) is 11.5 Å². The molecular formula is C28H27NO5. The lowest BCUT2D eigenvalue weighted by Crippen LogP contribution is -2.31. The van der Waals surface area contributed by atoms with Crippen molar-refractivity contribution in [2.45, 2.75) is 6.04 Å². The zero-order chi connectivity index (χ0) is 24.2.